The number of carbonyl (C=O) groups is 2. The smallest absolute Gasteiger partial charge is 0.253 e. The van der Waals surface area contributed by atoms with Gasteiger partial charge in [-0.25, -0.2) is 9.98 Å². The Balaban J connectivity index is 0.000000423. The third-order valence-electron chi connectivity index (χ3n) is 2.96. The lowest BCUT2D eigenvalue weighted by molar-refractivity contribution is -0.171. The van der Waals surface area contributed by atoms with Crippen LogP contribution in [0.3, 0.4) is 0 Å². The van der Waals surface area contributed by atoms with Gasteiger partial charge < -0.3 is 4.90 Å². The molecule has 21 heavy (non-hydrogen) atoms. The standard InChI is InChI=1S/C10H21N3.C4H5NO3/c1-4-11-10-12-8-7-9-13(5-2)6-3;6-3-1-2-4(7)5(3)8/h4-9H2,1-3H3;8H,1-2H2. The molecule has 0 unspecified atom stereocenters. The molecule has 7 heteroatoms. The lowest BCUT2D eigenvalue weighted by atomic mass is 10.4. The van der Waals surface area contributed by atoms with Crippen molar-refractivity contribution in [2.24, 2.45) is 9.98 Å². The van der Waals surface area contributed by atoms with E-state index in [1.54, 1.807) is 0 Å². The maximum atomic E-state index is 10.2. The molecule has 1 heterocycles. The van der Waals surface area contributed by atoms with Crippen molar-refractivity contribution < 1.29 is 14.8 Å². The number of rotatable bonds is 7. The van der Waals surface area contributed by atoms with Gasteiger partial charge in [0.05, 0.1) is 12.6 Å². The zero-order valence-corrected chi connectivity index (χ0v) is 13.2. The highest BCUT2D eigenvalue weighted by atomic mass is 16.5. The van der Waals surface area contributed by atoms with Gasteiger partial charge in [0.1, 0.15) is 0 Å². The first-order valence-electron chi connectivity index (χ1n) is 7.41. The Morgan fingerprint density at radius 2 is 1.71 bits per heavy atom. The summed E-state index contributed by atoms with van der Waals surface area (Å²) in [5, 5.41) is 8.57. The van der Waals surface area contributed by atoms with E-state index in [0.29, 0.717) is 0 Å². The molecular weight excluding hydrogens is 272 g/mol. The van der Waals surface area contributed by atoms with Crippen LogP contribution < -0.4 is 0 Å². The number of hydrogen-bond acceptors (Lipinski definition) is 6. The van der Waals surface area contributed by atoms with Gasteiger partial charge in [0, 0.05) is 19.4 Å². The summed E-state index contributed by atoms with van der Waals surface area (Å²) in [4.78, 5) is 30.8. The molecule has 1 aliphatic heterocycles. The van der Waals surface area contributed by atoms with Gasteiger partial charge in [0.2, 0.25) is 0 Å². The minimum atomic E-state index is -0.505. The van der Waals surface area contributed by atoms with E-state index in [4.69, 9.17) is 5.21 Å². The van der Waals surface area contributed by atoms with E-state index in [1.165, 1.54) is 0 Å². The second-order valence-corrected chi connectivity index (χ2v) is 4.44. The van der Waals surface area contributed by atoms with Crippen molar-refractivity contribution in [2.75, 3.05) is 32.7 Å². The van der Waals surface area contributed by atoms with Crippen molar-refractivity contribution in [1.29, 1.82) is 0 Å². The number of nitrogens with zero attached hydrogens (tertiary/aromatic N) is 4. The normalized spacial score (nSPS) is 13.9. The number of hydroxylamine groups is 2. The zero-order chi connectivity index (χ0) is 16.1. The fourth-order valence-electron chi connectivity index (χ4n) is 1.65. The lowest BCUT2D eigenvalue weighted by Gasteiger charge is -2.16. The summed E-state index contributed by atoms with van der Waals surface area (Å²) in [5.41, 5.74) is 0. The van der Waals surface area contributed by atoms with Crippen LogP contribution in [0, 0.1) is 0 Å². The first-order chi connectivity index (χ1) is 10.1. The Morgan fingerprint density at radius 3 is 2.10 bits per heavy atom. The monoisotopic (exact) mass is 298 g/mol. The Kier molecular flexibility index (Phi) is 11.3. The van der Waals surface area contributed by atoms with Crippen molar-refractivity contribution in [3.05, 3.63) is 0 Å². The highest BCUT2D eigenvalue weighted by molar-refractivity contribution is 6.00. The van der Waals surface area contributed by atoms with Gasteiger partial charge >= 0.3 is 0 Å². The first kappa shape index (κ1) is 19.4. The van der Waals surface area contributed by atoms with Crippen molar-refractivity contribution in [3.8, 4) is 0 Å². The van der Waals surface area contributed by atoms with Crippen LogP contribution in [-0.2, 0) is 9.59 Å². The largest absolute Gasteiger partial charge is 0.304 e. The number of hydrogen-bond donors (Lipinski definition) is 1. The second-order valence-electron chi connectivity index (χ2n) is 4.44. The molecule has 120 valence electrons. The summed E-state index contributed by atoms with van der Waals surface area (Å²) in [6, 6.07) is 2.68. The Hall–Kier alpha value is -1.56. The van der Waals surface area contributed by atoms with E-state index in [2.05, 4.69) is 34.7 Å². The molecule has 0 saturated carbocycles. The molecule has 1 rings (SSSR count). The summed E-state index contributed by atoms with van der Waals surface area (Å²) in [6.45, 7) is 11.4. The fraction of sp³-hybridized carbons (Fsp3) is 0.786. The van der Waals surface area contributed by atoms with Crippen LogP contribution in [-0.4, -0.2) is 65.7 Å². The highest BCUT2D eigenvalue weighted by Gasteiger charge is 2.26. The summed E-state index contributed by atoms with van der Waals surface area (Å²) < 4.78 is 0. The number of carbonyl (C=O) groups excluding carboxylic acids is 2. The van der Waals surface area contributed by atoms with Crippen LogP contribution in [0.2, 0.25) is 0 Å². The number of amides is 2. The molecule has 7 nitrogen and oxygen atoms in total. The Labute approximate surface area is 126 Å². The second kappa shape index (κ2) is 12.2. The molecule has 0 bridgehead atoms. The van der Waals surface area contributed by atoms with Crippen molar-refractivity contribution in [3.63, 3.8) is 0 Å². The van der Waals surface area contributed by atoms with E-state index in [0.717, 1.165) is 39.1 Å². The highest BCUT2D eigenvalue weighted by Crippen LogP contribution is 2.07. The molecule has 0 aliphatic carbocycles. The number of imide groups is 1. The predicted molar refractivity (Wildman–Crippen MR) is 80.5 cm³/mol. The van der Waals surface area contributed by atoms with Crippen LogP contribution in [0.1, 0.15) is 40.0 Å². The van der Waals surface area contributed by atoms with Gasteiger partial charge in [-0.3, -0.25) is 14.8 Å². The first-order valence-corrected chi connectivity index (χ1v) is 7.41. The molecular formula is C14H26N4O3. The van der Waals surface area contributed by atoms with Gasteiger partial charge in [0.25, 0.3) is 11.8 Å². The van der Waals surface area contributed by atoms with Crippen LogP contribution in [0.5, 0.6) is 0 Å². The van der Waals surface area contributed by atoms with Crippen molar-refractivity contribution in [2.45, 2.75) is 40.0 Å². The molecule has 0 radical (unpaired) electrons. The van der Waals surface area contributed by atoms with Gasteiger partial charge in [0.15, 0.2) is 0 Å². The fourth-order valence-corrected chi connectivity index (χ4v) is 1.65. The van der Waals surface area contributed by atoms with Gasteiger partial charge in [-0.2, -0.15) is 5.06 Å². The molecule has 1 saturated heterocycles. The van der Waals surface area contributed by atoms with Gasteiger partial charge in [-0.05, 0) is 33.0 Å². The summed E-state index contributed by atoms with van der Waals surface area (Å²) in [6.07, 6.45) is 1.40. The minimum absolute atomic E-state index is 0.148. The molecule has 2 amide bonds. The molecule has 0 aromatic heterocycles. The summed E-state index contributed by atoms with van der Waals surface area (Å²) in [5.74, 6) is -1.01. The molecule has 0 aromatic rings. The quantitative estimate of drug-likeness (QED) is 0.333. The summed E-state index contributed by atoms with van der Waals surface area (Å²) in [7, 11) is 0. The molecule has 0 aromatic carbocycles. The van der Waals surface area contributed by atoms with E-state index in [9.17, 15) is 9.59 Å². The Morgan fingerprint density at radius 1 is 1.14 bits per heavy atom. The average Bonchev–Trinajstić information content (AvgIpc) is 2.79. The van der Waals surface area contributed by atoms with E-state index in [-0.39, 0.29) is 17.9 Å². The van der Waals surface area contributed by atoms with E-state index < -0.39 is 11.8 Å². The molecule has 1 N–H and O–H groups in total. The maximum absolute atomic E-state index is 10.2. The van der Waals surface area contributed by atoms with Crippen LogP contribution in [0.25, 0.3) is 0 Å². The predicted octanol–water partition coefficient (Wildman–Crippen LogP) is 1.44. The van der Waals surface area contributed by atoms with E-state index >= 15 is 0 Å². The third kappa shape index (κ3) is 9.07. The van der Waals surface area contributed by atoms with Crippen molar-refractivity contribution >= 4 is 17.8 Å². The Bertz CT molecular complexity index is 358. The lowest BCUT2D eigenvalue weighted by Crippen LogP contribution is -2.24. The average molecular weight is 298 g/mol. The topological polar surface area (TPSA) is 85.6 Å². The third-order valence-corrected chi connectivity index (χ3v) is 2.96. The van der Waals surface area contributed by atoms with Gasteiger partial charge in [-0.1, -0.05) is 13.8 Å². The SMILES string of the molecule is CCN=C=NCCCN(CC)CC.O=C1CCC(=O)N1O. The van der Waals surface area contributed by atoms with Gasteiger partial charge in [-0.15, -0.1) is 0 Å². The van der Waals surface area contributed by atoms with Crippen molar-refractivity contribution in [1.82, 2.24) is 9.96 Å². The molecule has 0 spiro atoms. The summed E-state index contributed by atoms with van der Waals surface area (Å²) >= 11 is 0. The minimum Gasteiger partial charge on any atom is -0.304 e. The van der Waals surface area contributed by atoms with Crippen LogP contribution >= 0.6 is 0 Å². The zero-order valence-electron chi connectivity index (χ0n) is 13.2. The molecule has 1 aliphatic rings. The maximum Gasteiger partial charge on any atom is 0.253 e. The van der Waals surface area contributed by atoms with E-state index in [1.807, 2.05) is 6.92 Å². The van der Waals surface area contributed by atoms with Crippen LogP contribution in [0.4, 0.5) is 0 Å². The molecule has 1 fully saturated rings. The number of aliphatic imine (C=N–C) groups is 2. The molecule has 0 atom stereocenters. The van der Waals surface area contributed by atoms with Crippen LogP contribution in [0.15, 0.2) is 9.98 Å².